The molecule has 0 unspecified atom stereocenters. The smallest absolute Gasteiger partial charge is 0.239 e. The van der Waals surface area contributed by atoms with Gasteiger partial charge in [-0.15, -0.1) is 5.11 Å². The van der Waals surface area contributed by atoms with Gasteiger partial charge < -0.3 is 15.7 Å². The van der Waals surface area contributed by atoms with Crippen molar-refractivity contribution in [3.8, 4) is 0 Å². The molecule has 0 saturated heterocycles. The number of benzene rings is 2. The Morgan fingerprint density at radius 1 is 1.19 bits per heavy atom. The Morgan fingerprint density at radius 3 is 2.69 bits per heavy atom. The summed E-state index contributed by atoms with van der Waals surface area (Å²) in [6, 6.07) is 13.6. The largest absolute Gasteiger partial charge is 0.355 e. The molecule has 0 spiro atoms. The highest BCUT2D eigenvalue weighted by Gasteiger charge is 2.14. The van der Waals surface area contributed by atoms with E-state index in [0.29, 0.717) is 12.1 Å². The highest BCUT2D eigenvalue weighted by Crippen LogP contribution is 2.30. The molecule has 0 atom stereocenters. The van der Waals surface area contributed by atoms with Crippen LogP contribution in [0.4, 0.5) is 0 Å². The number of fused-ring (bicyclic) bond motifs is 3. The van der Waals surface area contributed by atoms with Gasteiger partial charge in [0.2, 0.25) is 5.91 Å². The minimum Gasteiger partial charge on any atom is -0.355 e. The summed E-state index contributed by atoms with van der Waals surface area (Å²) in [7, 11) is 0. The van der Waals surface area contributed by atoms with Crippen molar-refractivity contribution >= 4 is 33.5 Å². The Labute approximate surface area is 151 Å². The SMILES string of the molecule is CCCCNC(=O)Cn1c2ccccc2c2cc(C(N=N)=NN)ccc21. The maximum absolute atomic E-state index is 12.3. The fourth-order valence-corrected chi connectivity index (χ4v) is 3.14. The number of para-hydroxylation sites is 1. The predicted octanol–water partition coefficient (Wildman–Crippen LogP) is 3.36. The van der Waals surface area contributed by atoms with Crippen LogP contribution in [0.15, 0.2) is 52.7 Å². The second-order valence-corrected chi connectivity index (χ2v) is 6.10. The van der Waals surface area contributed by atoms with Crippen LogP contribution in [0.3, 0.4) is 0 Å². The first-order chi connectivity index (χ1) is 12.7. The van der Waals surface area contributed by atoms with Gasteiger partial charge in [-0.1, -0.05) is 31.5 Å². The summed E-state index contributed by atoms with van der Waals surface area (Å²) in [5.74, 6) is 5.48. The van der Waals surface area contributed by atoms with Gasteiger partial charge in [0.05, 0.1) is 0 Å². The number of hydrogen-bond donors (Lipinski definition) is 3. The Hall–Kier alpha value is -3.22. The van der Waals surface area contributed by atoms with Gasteiger partial charge >= 0.3 is 0 Å². The Balaban J connectivity index is 2.07. The molecule has 2 aromatic carbocycles. The molecule has 3 aromatic rings. The molecule has 134 valence electrons. The number of hydrazone groups is 1. The van der Waals surface area contributed by atoms with Gasteiger partial charge in [0, 0.05) is 33.9 Å². The third-order valence-corrected chi connectivity index (χ3v) is 4.41. The number of carbonyl (C=O) groups excluding carboxylic acids is 1. The van der Waals surface area contributed by atoms with Gasteiger partial charge in [0.25, 0.3) is 0 Å². The topological polar surface area (TPSA) is 109 Å². The van der Waals surface area contributed by atoms with E-state index >= 15 is 0 Å². The molecule has 4 N–H and O–H groups in total. The Bertz CT molecular complexity index is 988. The number of hydrogen-bond acceptors (Lipinski definition) is 4. The third-order valence-electron chi connectivity index (χ3n) is 4.41. The van der Waals surface area contributed by atoms with E-state index in [9.17, 15) is 4.79 Å². The molecule has 0 aliphatic heterocycles. The van der Waals surface area contributed by atoms with Crippen LogP contribution in [0.5, 0.6) is 0 Å². The lowest BCUT2D eigenvalue weighted by Gasteiger charge is -2.08. The van der Waals surface area contributed by atoms with E-state index in [1.165, 1.54) is 0 Å². The minimum atomic E-state index is -0.00412. The molecule has 26 heavy (non-hydrogen) atoms. The number of rotatable bonds is 6. The van der Waals surface area contributed by atoms with E-state index in [1.54, 1.807) is 0 Å². The van der Waals surface area contributed by atoms with Crippen molar-refractivity contribution in [1.29, 1.82) is 5.53 Å². The zero-order valence-corrected chi connectivity index (χ0v) is 14.7. The molecule has 0 aliphatic carbocycles. The lowest BCUT2D eigenvalue weighted by molar-refractivity contribution is -0.121. The molecule has 1 amide bonds. The summed E-state index contributed by atoms with van der Waals surface area (Å²) < 4.78 is 2.01. The highest BCUT2D eigenvalue weighted by atomic mass is 16.1. The Kier molecular flexibility index (Phi) is 5.26. The molecule has 7 heteroatoms. The van der Waals surface area contributed by atoms with E-state index in [4.69, 9.17) is 11.4 Å². The van der Waals surface area contributed by atoms with E-state index in [0.717, 1.165) is 34.6 Å². The average molecular weight is 350 g/mol. The monoisotopic (exact) mass is 350 g/mol. The van der Waals surface area contributed by atoms with Crippen LogP contribution in [-0.4, -0.2) is 22.9 Å². The van der Waals surface area contributed by atoms with Gasteiger partial charge in [-0.05, 0) is 30.7 Å². The van der Waals surface area contributed by atoms with Gasteiger partial charge in [-0.2, -0.15) is 5.10 Å². The fraction of sp³-hybridized carbons (Fsp3) is 0.263. The summed E-state index contributed by atoms with van der Waals surface area (Å²) in [5, 5.41) is 11.9. The van der Waals surface area contributed by atoms with Crippen LogP contribution in [0.1, 0.15) is 25.3 Å². The van der Waals surface area contributed by atoms with Crippen LogP contribution in [0.2, 0.25) is 0 Å². The molecule has 0 bridgehead atoms. The number of nitrogens with zero attached hydrogens (tertiary/aromatic N) is 3. The molecule has 0 saturated carbocycles. The van der Waals surface area contributed by atoms with Gasteiger partial charge in [0.1, 0.15) is 6.54 Å². The van der Waals surface area contributed by atoms with Crippen molar-refractivity contribution in [2.24, 2.45) is 16.1 Å². The number of unbranched alkanes of at least 4 members (excludes halogenated alkanes) is 1. The third kappa shape index (κ3) is 3.28. The molecule has 0 fully saturated rings. The zero-order chi connectivity index (χ0) is 18.5. The van der Waals surface area contributed by atoms with Crippen molar-refractivity contribution in [3.63, 3.8) is 0 Å². The molecule has 1 heterocycles. The lowest BCUT2D eigenvalue weighted by atomic mass is 10.1. The maximum atomic E-state index is 12.3. The number of nitrogens with one attached hydrogen (secondary N) is 2. The van der Waals surface area contributed by atoms with Gasteiger partial charge in [0.15, 0.2) is 5.84 Å². The van der Waals surface area contributed by atoms with Crippen LogP contribution in [0, 0.1) is 5.53 Å². The molecule has 1 aromatic heterocycles. The van der Waals surface area contributed by atoms with Gasteiger partial charge in [-0.25, -0.2) is 5.53 Å². The molecule has 0 radical (unpaired) electrons. The molecule has 3 rings (SSSR count). The standard InChI is InChI=1S/C19H22N6O/c1-2-3-10-22-18(26)12-25-16-7-5-4-6-14(16)15-11-13(8-9-17(15)25)19(23-20)24-21/h4-9,11,20H,2-3,10,12,21H2,1H3,(H,22,26). The summed E-state index contributed by atoms with van der Waals surface area (Å²) in [4.78, 5) is 12.3. The first-order valence-electron chi connectivity index (χ1n) is 8.63. The zero-order valence-electron chi connectivity index (χ0n) is 14.7. The lowest BCUT2D eigenvalue weighted by Crippen LogP contribution is -2.28. The number of aromatic nitrogens is 1. The molecule has 7 nitrogen and oxygen atoms in total. The number of nitrogens with two attached hydrogens (primary N) is 1. The summed E-state index contributed by atoms with van der Waals surface area (Å²) >= 11 is 0. The summed E-state index contributed by atoms with van der Waals surface area (Å²) in [6.45, 7) is 3.05. The Morgan fingerprint density at radius 2 is 1.96 bits per heavy atom. The molecular formula is C19H22N6O. The van der Waals surface area contributed by atoms with E-state index < -0.39 is 0 Å². The van der Waals surface area contributed by atoms with Crippen molar-refractivity contribution in [2.75, 3.05) is 6.54 Å². The first kappa shape index (κ1) is 17.6. The molecule has 0 aliphatic rings. The quantitative estimate of drug-likeness (QED) is 0.158. The highest BCUT2D eigenvalue weighted by molar-refractivity contribution is 6.11. The fourth-order valence-electron chi connectivity index (χ4n) is 3.14. The van der Waals surface area contributed by atoms with Crippen LogP contribution in [0.25, 0.3) is 21.8 Å². The van der Waals surface area contributed by atoms with Crippen molar-refractivity contribution in [2.45, 2.75) is 26.3 Å². The first-order valence-corrected chi connectivity index (χ1v) is 8.63. The molecular weight excluding hydrogens is 328 g/mol. The summed E-state index contributed by atoms with van der Waals surface area (Å²) in [5.41, 5.74) is 9.81. The van der Waals surface area contributed by atoms with E-state index in [-0.39, 0.29) is 18.3 Å². The number of carbonyl (C=O) groups is 1. The normalized spacial score (nSPS) is 11.8. The van der Waals surface area contributed by atoms with Crippen LogP contribution in [-0.2, 0) is 11.3 Å². The second-order valence-electron chi connectivity index (χ2n) is 6.10. The minimum absolute atomic E-state index is 0.00412. The van der Waals surface area contributed by atoms with Crippen LogP contribution >= 0.6 is 0 Å². The van der Waals surface area contributed by atoms with Gasteiger partial charge in [-0.3, -0.25) is 4.79 Å². The maximum Gasteiger partial charge on any atom is 0.239 e. The average Bonchev–Trinajstić information content (AvgIpc) is 2.97. The van der Waals surface area contributed by atoms with E-state index in [1.807, 2.05) is 47.0 Å². The van der Waals surface area contributed by atoms with Crippen molar-refractivity contribution in [3.05, 3.63) is 48.0 Å². The van der Waals surface area contributed by atoms with Crippen molar-refractivity contribution in [1.82, 2.24) is 9.88 Å². The number of amidine groups is 1. The van der Waals surface area contributed by atoms with Crippen molar-refractivity contribution < 1.29 is 4.79 Å². The number of amides is 1. The van der Waals surface area contributed by atoms with E-state index in [2.05, 4.69) is 22.5 Å². The summed E-state index contributed by atoms with van der Waals surface area (Å²) in [6.07, 6.45) is 2.02. The van der Waals surface area contributed by atoms with Crippen LogP contribution < -0.4 is 11.2 Å². The predicted molar refractivity (Wildman–Crippen MR) is 103 cm³/mol. The second kappa shape index (κ2) is 7.77.